The molecule has 0 aliphatic carbocycles. The molecule has 0 spiro atoms. The molecule has 1 fully saturated rings. The van der Waals surface area contributed by atoms with Crippen molar-refractivity contribution in [3.63, 3.8) is 0 Å². The first-order valence-corrected chi connectivity index (χ1v) is 4.72. The number of nitrogens with zero attached hydrogens (tertiary/aromatic N) is 1. The van der Waals surface area contributed by atoms with E-state index in [1.807, 2.05) is 0 Å². The van der Waals surface area contributed by atoms with Gasteiger partial charge in [-0.25, -0.2) is 4.39 Å². The van der Waals surface area contributed by atoms with Crippen LogP contribution in [0.25, 0.3) is 0 Å². The Morgan fingerprint density at radius 1 is 1.23 bits per heavy atom. The van der Waals surface area contributed by atoms with E-state index in [9.17, 15) is 4.39 Å². The minimum absolute atomic E-state index is 0.117. The van der Waals surface area contributed by atoms with Crippen LogP contribution < -0.4 is 4.90 Å². The topological polar surface area (TPSA) is 3.01 Å². The fourth-order valence-electron chi connectivity index (χ4n) is 1.42. The van der Waals surface area contributed by atoms with E-state index in [2.05, 4.69) is 24.8 Å². The second kappa shape index (κ2) is 3.02. The summed E-state index contributed by atoms with van der Waals surface area (Å²) in [6.45, 7) is 6.31. The van der Waals surface area contributed by atoms with E-state index >= 15 is 0 Å². The predicted molar refractivity (Wildman–Crippen MR) is 52.7 cm³/mol. The standard InChI is InChI=1S/C11H14FN/c1-8(2)9-5-10(12)7-11(6-9)13-3-4-13/h5-8H,3-4H2,1-2H3. The molecule has 2 heteroatoms. The van der Waals surface area contributed by atoms with Crippen LogP contribution in [0.3, 0.4) is 0 Å². The van der Waals surface area contributed by atoms with Crippen LogP contribution in [0.15, 0.2) is 18.2 Å². The predicted octanol–water partition coefficient (Wildman–Crippen LogP) is 2.77. The zero-order chi connectivity index (χ0) is 9.42. The van der Waals surface area contributed by atoms with E-state index in [1.165, 1.54) is 0 Å². The highest BCUT2D eigenvalue weighted by Crippen LogP contribution is 2.26. The lowest BCUT2D eigenvalue weighted by atomic mass is 10.0. The summed E-state index contributed by atoms with van der Waals surface area (Å²) in [6.07, 6.45) is 0. The average Bonchev–Trinajstić information content (AvgIpc) is 2.85. The average molecular weight is 179 g/mol. The summed E-state index contributed by atoms with van der Waals surface area (Å²) >= 11 is 0. The molecule has 1 saturated heterocycles. The van der Waals surface area contributed by atoms with Gasteiger partial charge in [0.05, 0.1) is 0 Å². The van der Waals surface area contributed by atoms with Crippen molar-refractivity contribution in [3.8, 4) is 0 Å². The molecule has 0 amide bonds. The van der Waals surface area contributed by atoms with Gasteiger partial charge in [0.2, 0.25) is 0 Å². The van der Waals surface area contributed by atoms with Gasteiger partial charge in [0.25, 0.3) is 0 Å². The molecule has 1 heterocycles. The highest BCUT2D eigenvalue weighted by Gasteiger charge is 2.19. The maximum Gasteiger partial charge on any atom is 0.125 e. The number of hydrogen-bond donors (Lipinski definition) is 0. The smallest absolute Gasteiger partial charge is 0.125 e. The van der Waals surface area contributed by atoms with Crippen LogP contribution in [-0.2, 0) is 0 Å². The van der Waals surface area contributed by atoms with Gasteiger partial charge in [-0.3, -0.25) is 0 Å². The number of hydrogen-bond acceptors (Lipinski definition) is 1. The van der Waals surface area contributed by atoms with Crippen molar-refractivity contribution in [2.24, 2.45) is 0 Å². The van der Waals surface area contributed by atoms with Crippen LogP contribution in [0.1, 0.15) is 25.3 Å². The van der Waals surface area contributed by atoms with Crippen LogP contribution in [0, 0.1) is 5.82 Å². The second-order valence-corrected chi connectivity index (χ2v) is 3.88. The Morgan fingerprint density at radius 2 is 1.92 bits per heavy atom. The van der Waals surface area contributed by atoms with Gasteiger partial charge in [-0.15, -0.1) is 0 Å². The van der Waals surface area contributed by atoms with Gasteiger partial charge in [0.15, 0.2) is 0 Å². The molecule has 1 aliphatic rings. The normalized spacial score (nSPS) is 15.2. The van der Waals surface area contributed by atoms with Gasteiger partial charge in [-0.1, -0.05) is 13.8 Å². The molecule has 70 valence electrons. The quantitative estimate of drug-likeness (QED) is 0.631. The summed E-state index contributed by atoms with van der Waals surface area (Å²) in [4.78, 5) is 2.16. The van der Waals surface area contributed by atoms with E-state index in [0.717, 1.165) is 24.3 Å². The van der Waals surface area contributed by atoms with Crippen molar-refractivity contribution < 1.29 is 4.39 Å². The minimum Gasteiger partial charge on any atom is -0.368 e. The first-order valence-electron chi connectivity index (χ1n) is 4.72. The molecule has 0 bridgehead atoms. The van der Waals surface area contributed by atoms with Gasteiger partial charge in [0, 0.05) is 18.8 Å². The zero-order valence-corrected chi connectivity index (χ0v) is 8.05. The minimum atomic E-state index is -0.117. The summed E-state index contributed by atoms with van der Waals surface area (Å²) in [6, 6.07) is 5.32. The number of rotatable bonds is 2. The third-order valence-electron chi connectivity index (χ3n) is 2.38. The molecule has 0 atom stereocenters. The Bertz CT molecular complexity index is 296. The summed E-state index contributed by atoms with van der Waals surface area (Å²) in [7, 11) is 0. The van der Waals surface area contributed by atoms with Crippen LogP contribution in [-0.4, -0.2) is 13.1 Å². The number of halogens is 1. The third kappa shape index (κ3) is 1.82. The second-order valence-electron chi connectivity index (χ2n) is 3.88. The first kappa shape index (κ1) is 8.54. The molecule has 13 heavy (non-hydrogen) atoms. The molecular weight excluding hydrogens is 165 g/mol. The molecule has 0 radical (unpaired) electrons. The molecular formula is C11H14FN. The molecule has 0 N–H and O–H groups in total. The van der Waals surface area contributed by atoms with Crippen molar-refractivity contribution in [1.29, 1.82) is 0 Å². The lowest BCUT2D eigenvalue weighted by molar-refractivity contribution is 0.623. The Hall–Kier alpha value is -1.05. The fourth-order valence-corrected chi connectivity index (χ4v) is 1.42. The summed E-state index contributed by atoms with van der Waals surface area (Å²) in [5.74, 6) is 0.280. The van der Waals surface area contributed by atoms with E-state index < -0.39 is 0 Å². The zero-order valence-electron chi connectivity index (χ0n) is 8.05. The Balaban J connectivity index is 2.36. The Labute approximate surface area is 78.2 Å². The molecule has 1 nitrogen and oxygen atoms in total. The van der Waals surface area contributed by atoms with Gasteiger partial charge in [-0.2, -0.15) is 0 Å². The van der Waals surface area contributed by atoms with Crippen molar-refractivity contribution in [2.45, 2.75) is 19.8 Å². The van der Waals surface area contributed by atoms with E-state index in [0.29, 0.717) is 5.92 Å². The maximum atomic E-state index is 13.1. The maximum absolute atomic E-state index is 13.1. The lowest BCUT2D eigenvalue weighted by Gasteiger charge is -2.09. The monoisotopic (exact) mass is 179 g/mol. The molecule has 0 aromatic heterocycles. The molecule has 2 rings (SSSR count). The highest BCUT2D eigenvalue weighted by molar-refractivity contribution is 5.53. The third-order valence-corrected chi connectivity index (χ3v) is 2.38. The van der Waals surface area contributed by atoms with Crippen molar-refractivity contribution in [2.75, 3.05) is 18.0 Å². The first-order chi connectivity index (χ1) is 6.16. The largest absolute Gasteiger partial charge is 0.368 e. The van der Waals surface area contributed by atoms with Gasteiger partial charge >= 0.3 is 0 Å². The summed E-state index contributed by atoms with van der Waals surface area (Å²) < 4.78 is 13.1. The highest BCUT2D eigenvalue weighted by atomic mass is 19.1. The van der Waals surface area contributed by atoms with Crippen molar-refractivity contribution >= 4 is 5.69 Å². The summed E-state index contributed by atoms with van der Waals surface area (Å²) in [5, 5.41) is 0. The van der Waals surface area contributed by atoms with Crippen LogP contribution >= 0.6 is 0 Å². The number of anilines is 1. The lowest BCUT2D eigenvalue weighted by Crippen LogP contribution is -1.95. The Morgan fingerprint density at radius 3 is 2.46 bits per heavy atom. The van der Waals surface area contributed by atoms with E-state index in [1.54, 1.807) is 12.1 Å². The molecule has 1 aromatic carbocycles. The van der Waals surface area contributed by atoms with E-state index in [-0.39, 0.29) is 5.82 Å². The van der Waals surface area contributed by atoms with Gasteiger partial charge in [-0.05, 0) is 29.7 Å². The number of benzene rings is 1. The Kier molecular flexibility index (Phi) is 1.98. The molecule has 0 unspecified atom stereocenters. The molecule has 1 aromatic rings. The van der Waals surface area contributed by atoms with Crippen molar-refractivity contribution in [1.82, 2.24) is 0 Å². The van der Waals surface area contributed by atoms with Gasteiger partial charge in [0.1, 0.15) is 5.82 Å². The van der Waals surface area contributed by atoms with Crippen LogP contribution in [0.5, 0.6) is 0 Å². The molecule has 1 aliphatic heterocycles. The van der Waals surface area contributed by atoms with Crippen molar-refractivity contribution in [3.05, 3.63) is 29.6 Å². The molecule has 0 saturated carbocycles. The van der Waals surface area contributed by atoms with Gasteiger partial charge < -0.3 is 4.90 Å². The SMILES string of the molecule is CC(C)c1cc(F)cc(N2CC2)c1. The summed E-state index contributed by atoms with van der Waals surface area (Å²) in [5.41, 5.74) is 2.12. The fraction of sp³-hybridized carbons (Fsp3) is 0.455. The van der Waals surface area contributed by atoms with Crippen LogP contribution in [0.2, 0.25) is 0 Å². The van der Waals surface area contributed by atoms with E-state index in [4.69, 9.17) is 0 Å². The van der Waals surface area contributed by atoms with Crippen LogP contribution in [0.4, 0.5) is 10.1 Å².